The fraction of sp³-hybridized carbons (Fsp3) is 0.0426. The van der Waals surface area contributed by atoms with Gasteiger partial charge in [0.25, 0.3) is 6.71 Å². The lowest BCUT2D eigenvalue weighted by atomic mass is 9.33. The fourth-order valence-electron chi connectivity index (χ4n) is 15.9. The Bertz CT molecular complexity index is 5530. The summed E-state index contributed by atoms with van der Waals surface area (Å²) in [6, 6.07) is 125. The minimum Gasteiger partial charge on any atom is -0.455 e. The molecule has 0 bridgehead atoms. The third kappa shape index (κ3) is 9.59. The van der Waals surface area contributed by atoms with Crippen molar-refractivity contribution in [1.29, 1.82) is 0 Å². The number of fused-ring (bicyclic) bond motifs is 10. The largest absolute Gasteiger partial charge is 0.455 e. The maximum Gasteiger partial charge on any atom is 0.252 e. The molecule has 2 aromatic heterocycles. The fourth-order valence-corrected chi connectivity index (χ4v) is 15.9. The Morgan fingerprint density at radius 3 is 0.929 bits per heavy atom. The third-order valence-corrected chi connectivity index (χ3v) is 20.6. The van der Waals surface area contributed by atoms with Crippen LogP contribution in [-0.2, 0) is 5.41 Å². The van der Waals surface area contributed by atoms with Crippen LogP contribution in [0.15, 0.2) is 349 Å². The van der Waals surface area contributed by atoms with Crippen molar-refractivity contribution in [2.75, 3.05) is 9.80 Å². The van der Waals surface area contributed by atoms with Gasteiger partial charge in [0.1, 0.15) is 22.3 Å². The van der Waals surface area contributed by atoms with Gasteiger partial charge in [-0.15, -0.1) is 0 Å². The van der Waals surface area contributed by atoms with Crippen LogP contribution >= 0.6 is 0 Å². The van der Waals surface area contributed by atoms with Crippen molar-refractivity contribution >= 4 is 101 Å². The lowest BCUT2D eigenvalue weighted by Gasteiger charge is -2.46. The van der Waals surface area contributed by atoms with Crippen molar-refractivity contribution in [2.24, 2.45) is 0 Å². The van der Waals surface area contributed by atoms with E-state index < -0.39 is 0 Å². The van der Waals surface area contributed by atoms with E-state index in [2.05, 4.69) is 370 Å². The van der Waals surface area contributed by atoms with Gasteiger partial charge in [-0.3, -0.25) is 0 Å². The third-order valence-electron chi connectivity index (χ3n) is 20.6. The van der Waals surface area contributed by atoms with Crippen LogP contribution in [0, 0.1) is 0 Å². The van der Waals surface area contributed by atoms with Gasteiger partial charge in [-0.2, -0.15) is 0 Å². The van der Waals surface area contributed by atoms with Gasteiger partial charge >= 0.3 is 0 Å². The van der Waals surface area contributed by atoms with E-state index >= 15 is 0 Å². The summed E-state index contributed by atoms with van der Waals surface area (Å²) in [5, 5.41) is 4.38. The molecule has 0 radical (unpaired) electrons. The second-order valence-electron chi connectivity index (χ2n) is 27.4. The Kier molecular flexibility index (Phi) is 13.6. The van der Waals surface area contributed by atoms with Gasteiger partial charge in [0, 0.05) is 77.7 Å². The van der Waals surface area contributed by atoms with Crippen LogP contribution < -0.4 is 26.2 Å². The number of rotatable bonds is 10. The van der Waals surface area contributed by atoms with Crippen LogP contribution in [0.5, 0.6) is 0 Å². The van der Waals surface area contributed by atoms with E-state index in [0.29, 0.717) is 0 Å². The summed E-state index contributed by atoms with van der Waals surface area (Å²) < 4.78 is 14.0. The van der Waals surface area contributed by atoms with Crippen molar-refractivity contribution in [3.63, 3.8) is 0 Å². The zero-order chi connectivity index (χ0) is 65.9. The van der Waals surface area contributed by atoms with Gasteiger partial charge in [0.05, 0.1) is 11.4 Å². The lowest BCUT2D eigenvalue weighted by Crippen LogP contribution is -2.61. The average molecular weight is 1270 g/mol. The van der Waals surface area contributed by atoms with E-state index in [0.717, 1.165) is 167 Å². The lowest BCUT2D eigenvalue weighted by molar-refractivity contribution is 0.590. The molecule has 4 heterocycles. The Hall–Kier alpha value is -12.4. The topological polar surface area (TPSA) is 32.8 Å². The molecule has 0 amide bonds. The Morgan fingerprint density at radius 1 is 0.253 bits per heavy atom. The Labute approximate surface area is 576 Å². The molecule has 2 aliphatic heterocycles. The van der Waals surface area contributed by atoms with Crippen LogP contribution in [0.3, 0.4) is 0 Å². The van der Waals surface area contributed by atoms with Crippen LogP contribution in [-0.4, -0.2) is 6.71 Å². The van der Waals surface area contributed by atoms with Gasteiger partial charge in [-0.1, -0.05) is 300 Å². The number of nitrogens with zero attached hydrogens (tertiary/aromatic N) is 2. The molecule has 17 aromatic rings. The van der Waals surface area contributed by atoms with Crippen molar-refractivity contribution in [2.45, 2.75) is 26.2 Å². The molecule has 4 nitrogen and oxygen atoms in total. The first kappa shape index (κ1) is 58.0. The van der Waals surface area contributed by atoms with Crippen LogP contribution in [0.1, 0.15) is 26.3 Å². The van der Waals surface area contributed by atoms with Gasteiger partial charge < -0.3 is 18.6 Å². The SMILES string of the molecule is CC(C)(C)c1cc2c3c(c1)N(c1c(-c4ccccc4)cc(-c4ccccc4)cc1-c1ccccc1)c1ccc(-c4cccc5c4oc4ccccc45)cc1B3c1cc(-c3cccc4c3oc3ccccc34)ccc1N2c1c(-c2ccccc2)cc(-c2ccccc2)cc1-c1ccccc1. The minimum atomic E-state index is -0.327. The van der Waals surface area contributed by atoms with Gasteiger partial charge in [0.2, 0.25) is 0 Å². The maximum absolute atomic E-state index is 6.98. The second-order valence-corrected chi connectivity index (χ2v) is 27.4. The second kappa shape index (κ2) is 23.2. The number of furan rings is 2. The van der Waals surface area contributed by atoms with Crippen molar-refractivity contribution in [3.05, 3.63) is 345 Å². The molecular weight excluding hydrogens is 1200 g/mol. The first-order chi connectivity index (χ1) is 48.8. The first-order valence-corrected chi connectivity index (χ1v) is 34.3. The number of hydrogen-bond acceptors (Lipinski definition) is 4. The zero-order valence-electron chi connectivity index (χ0n) is 55.1. The highest BCUT2D eigenvalue weighted by molar-refractivity contribution is 7.00. The van der Waals surface area contributed by atoms with E-state index in [1.807, 2.05) is 0 Å². The van der Waals surface area contributed by atoms with Gasteiger partial charge in [0.15, 0.2) is 0 Å². The summed E-state index contributed by atoms with van der Waals surface area (Å²) in [6.07, 6.45) is 0. The highest BCUT2D eigenvalue weighted by Crippen LogP contribution is 2.56. The first-order valence-electron chi connectivity index (χ1n) is 34.3. The highest BCUT2D eigenvalue weighted by Gasteiger charge is 2.46. The Morgan fingerprint density at radius 2 is 0.576 bits per heavy atom. The molecule has 0 atom stereocenters. The maximum atomic E-state index is 6.98. The number of benzene rings is 15. The highest BCUT2D eigenvalue weighted by atomic mass is 16.3. The predicted octanol–water partition coefficient (Wildman–Crippen LogP) is 24.2. The summed E-state index contributed by atoms with van der Waals surface area (Å²) in [7, 11) is 0. The smallest absolute Gasteiger partial charge is 0.252 e. The summed E-state index contributed by atoms with van der Waals surface area (Å²) in [4.78, 5) is 5.34. The normalized spacial score (nSPS) is 12.5. The molecule has 0 saturated heterocycles. The van der Waals surface area contributed by atoms with Crippen LogP contribution in [0.2, 0.25) is 0 Å². The molecule has 15 aromatic carbocycles. The van der Waals surface area contributed by atoms with Crippen LogP contribution in [0.25, 0.3) is 133 Å². The number of anilines is 6. The molecule has 5 heteroatoms. The summed E-state index contributed by atoms with van der Waals surface area (Å²) in [5.41, 5.74) is 32.3. The quantitative estimate of drug-likeness (QED) is 0.128. The van der Waals surface area contributed by atoms with Crippen LogP contribution in [0.4, 0.5) is 34.1 Å². The van der Waals surface area contributed by atoms with E-state index in [-0.39, 0.29) is 12.1 Å². The summed E-state index contributed by atoms with van der Waals surface area (Å²) in [6.45, 7) is 6.79. The number of para-hydroxylation sites is 4. The predicted molar refractivity (Wildman–Crippen MR) is 417 cm³/mol. The number of hydrogen-bond donors (Lipinski definition) is 0. The molecule has 466 valence electrons. The molecule has 2 aliphatic rings. The average Bonchev–Trinajstić information content (AvgIpc) is 1.17. The Balaban J connectivity index is 0.994. The standard InChI is InChI=1S/C94H65BN2O2/c1-94(2,3)70-58-85-89-86(59-70)97(91-79(64-36-18-8-19-37-64)54-69(61-30-12-5-13-31-61)55-80(91)65-38-20-9-21-39-65)84-51-49-67(72-43-27-45-76-74-41-23-25-47-88(74)99-93(72)76)57-82(84)95(89)81-56-66(71-42-26-44-75-73-40-22-24-46-87(73)98-92(71)75)48-50-83(81)96(85)90-77(62-32-14-6-15-33-62)52-68(60-28-10-4-11-29-60)53-78(90)63-34-16-7-17-35-63/h4-59H,1-3H3. The molecule has 0 spiro atoms. The summed E-state index contributed by atoms with van der Waals surface area (Å²) in [5.74, 6) is 0. The van der Waals surface area contributed by atoms with E-state index in [1.165, 1.54) is 22.0 Å². The molecular formula is C94H65BN2O2. The molecule has 99 heavy (non-hydrogen) atoms. The molecule has 0 aliphatic carbocycles. The monoisotopic (exact) mass is 1260 g/mol. The van der Waals surface area contributed by atoms with E-state index in [9.17, 15) is 0 Å². The molecule has 0 unspecified atom stereocenters. The van der Waals surface area contributed by atoms with Crippen molar-refractivity contribution in [3.8, 4) is 89.0 Å². The molecule has 0 saturated carbocycles. The summed E-state index contributed by atoms with van der Waals surface area (Å²) >= 11 is 0. The minimum absolute atomic E-state index is 0.320. The molecule has 0 fully saturated rings. The zero-order valence-corrected chi connectivity index (χ0v) is 55.1. The van der Waals surface area contributed by atoms with Gasteiger partial charge in [-0.05, 0) is 144 Å². The van der Waals surface area contributed by atoms with E-state index in [1.54, 1.807) is 0 Å². The van der Waals surface area contributed by atoms with Gasteiger partial charge in [-0.25, -0.2) is 0 Å². The van der Waals surface area contributed by atoms with E-state index in [4.69, 9.17) is 8.83 Å². The molecule has 19 rings (SSSR count). The van der Waals surface area contributed by atoms with Crippen molar-refractivity contribution in [1.82, 2.24) is 0 Å². The van der Waals surface area contributed by atoms with Crippen molar-refractivity contribution < 1.29 is 8.83 Å². The molecule has 0 N–H and O–H groups in total.